The lowest BCUT2D eigenvalue weighted by Crippen LogP contribution is -2.59. The summed E-state index contributed by atoms with van der Waals surface area (Å²) in [4.78, 5) is 16.8. The zero-order valence-corrected chi connectivity index (χ0v) is 18.9. The predicted molar refractivity (Wildman–Crippen MR) is 118 cm³/mol. The van der Waals surface area contributed by atoms with E-state index in [1.54, 1.807) is 12.1 Å². The normalized spacial score (nSPS) is 19.6. The summed E-state index contributed by atoms with van der Waals surface area (Å²) in [6.45, 7) is 3.26. The molecule has 0 aromatic heterocycles. The van der Waals surface area contributed by atoms with E-state index < -0.39 is 27.9 Å². The number of rotatable bonds is 8. The van der Waals surface area contributed by atoms with Gasteiger partial charge >= 0.3 is 9.83 Å². The monoisotopic (exact) mass is 536 g/mol. The first-order valence-electron chi connectivity index (χ1n) is 9.56. The van der Waals surface area contributed by atoms with Crippen molar-refractivity contribution < 1.29 is 28.2 Å². The smallest absolute Gasteiger partial charge is 0.329 e. The minimum absolute atomic E-state index is 0.0349. The van der Waals surface area contributed by atoms with E-state index in [2.05, 4.69) is 10.3 Å². The number of aliphatic imine (C=N–C) groups is 1. The molecule has 1 aromatic carbocycles. The Balaban J connectivity index is 1.82. The molecule has 1 aliphatic heterocycles. The summed E-state index contributed by atoms with van der Waals surface area (Å²) in [7, 11) is 0. The lowest BCUT2D eigenvalue weighted by Gasteiger charge is -2.43. The first kappa shape index (κ1) is 22.9. The van der Waals surface area contributed by atoms with E-state index in [4.69, 9.17) is 20.0 Å². The Bertz CT molecular complexity index is 860. The maximum Gasteiger partial charge on any atom is 0.329 e. The fourth-order valence-electron chi connectivity index (χ4n) is 3.31. The molecule has 1 atom stereocenters. The van der Waals surface area contributed by atoms with Crippen molar-refractivity contribution in [3.63, 3.8) is 0 Å². The number of amides is 1. The van der Waals surface area contributed by atoms with E-state index in [1.165, 1.54) is 13.0 Å². The fourth-order valence-corrected chi connectivity index (χ4v) is 3.47. The Kier molecular flexibility index (Phi) is 6.66. The standard InChI is InChI=1S/C20H24F2IN3O4/c1-11(27)25-17(24)16(19(2)8-29-9-19)26-18(28)13-5-6-14(12-3-4-12)15(7-13)30-10-20(21,22)23/h5-7,12,16H,3-4,8-10H2,1-2H3,(H,26,28)(H2,24,25,27)/p+1. The number of ether oxygens (including phenoxy) is 2. The molecule has 1 saturated carbocycles. The summed E-state index contributed by atoms with van der Waals surface area (Å²) in [5.41, 5.74) is 0.562. The number of amidine groups is 1. The van der Waals surface area contributed by atoms with Crippen LogP contribution in [0.2, 0.25) is 0 Å². The topological polar surface area (TPSA) is 107 Å². The van der Waals surface area contributed by atoms with E-state index in [1.807, 2.05) is 6.92 Å². The predicted octanol–water partition coefficient (Wildman–Crippen LogP) is 3.23. The zero-order chi connectivity index (χ0) is 22.1. The Morgan fingerprint density at radius 1 is 1.50 bits per heavy atom. The third-order valence-electron chi connectivity index (χ3n) is 5.08. The summed E-state index contributed by atoms with van der Waals surface area (Å²) in [6.07, 6.45) is 1.93. The second-order valence-electron chi connectivity index (χ2n) is 8.07. The van der Waals surface area contributed by atoms with Gasteiger partial charge in [0.15, 0.2) is 12.4 Å². The highest BCUT2D eigenvalue weighted by Crippen LogP contribution is 2.45. The van der Waals surface area contributed by atoms with Crippen molar-refractivity contribution in [1.29, 1.82) is 5.41 Å². The molecule has 164 valence electrons. The molecule has 0 radical (unpaired) electrons. The van der Waals surface area contributed by atoms with E-state index >= 15 is 0 Å². The second kappa shape index (κ2) is 8.74. The SMILES string of the molecule is CC([OH2+])=NC(=N)C(NC(=O)c1ccc(C2CC2)c(OCC(F)(F)I)c1)C1(C)COC1. The van der Waals surface area contributed by atoms with Gasteiger partial charge in [0.25, 0.3) is 5.91 Å². The summed E-state index contributed by atoms with van der Waals surface area (Å²) in [6, 6.07) is 4.11. The first-order chi connectivity index (χ1) is 14.0. The van der Waals surface area contributed by atoms with Gasteiger partial charge in [0, 0.05) is 33.6 Å². The number of nitrogens with one attached hydrogen (secondary N) is 2. The van der Waals surface area contributed by atoms with E-state index in [-0.39, 0.29) is 29.0 Å². The minimum atomic E-state index is -3.01. The van der Waals surface area contributed by atoms with Gasteiger partial charge in [-0.1, -0.05) is 13.0 Å². The number of benzene rings is 1. The van der Waals surface area contributed by atoms with Crippen LogP contribution in [0.4, 0.5) is 8.78 Å². The van der Waals surface area contributed by atoms with Crippen LogP contribution in [0.3, 0.4) is 0 Å². The number of hydrogen-bond donors (Lipinski definition) is 2. The van der Waals surface area contributed by atoms with Crippen LogP contribution in [-0.4, -0.2) is 52.5 Å². The molecule has 2 aliphatic rings. The lowest BCUT2D eigenvalue weighted by atomic mass is 9.79. The Morgan fingerprint density at radius 3 is 2.67 bits per heavy atom. The van der Waals surface area contributed by atoms with Gasteiger partial charge in [0.05, 0.1) is 26.2 Å². The maximum absolute atomic E-state index is 13.3. The lowest BCUT2D eigenvalue weighted by molar-refractivity contribution is -0.108. The van der Waals surface area contributed by atoms with Crippen molar-refractivity contribution in [1.82, 2.24) is 5.32 Å². The van der Waals surface area contributed by atoms with Gasteiger partial charge in [0.2, 0.25) is 0 Å². The van der Waals surface area contributed by atoms with Crippen molar-refractivity contribution in [2.45, 2.75) is 42.6 Å². The summed E-state index contributed by atoms with van der Waals surface area (Å²) in [5, 5.41) is 18.5. The fraction of sp³-hybridized carbons (Fsp3) is 0.550. The summed E-state index contributed by atoms with van der Waals surface area (Å²) in [5.74, 6) is -0.0821. The van der Waals surface area contributed by atoms with Gasteiger partial charge in [-0.2, -0.15) is 13.8 Å². The number of carbonyl (C=O) groups is 1. The molecule has 4 N–H and O–H groups in total. The van der Waals surface area contributed by atoms with Gasteiger partial charge < -0.3 is 19.9 Å². The van der Waals surface area contributed by atoms with Gasteiger partial charge in [-0.25, -0.2) is 0 Å². The molecule has 7 nitrogen and oxygen atoms in total. The molecule has 1 amide bonds. The number of alkyl halides is 3. The molecule has 0 spiro atoms. The highest BCUT2D eigenvalue weighted by atomic mass is 127. The minimum Gasteiger partial charge on any atom is -0.582 e. The number of carbonyl (C=O) groups excluding carboxylic acids is 1. The van der Waals surface area contributed by atoms with Crippen LogP contribution in [-0.2, 0) is 4.74 Å². The molecular formula is C20H25F2IN3O4+. The first-order valence-corrected chi connectivity index (χ1v) is 10.6. The molecule has 1 saturated heterocycles. The molecule has 1 unspecified atom stereocenters. The van der Waals surface area contributed by atoms with Crippen LogP contribution in [0.15, 0.2) is 23.2 Å². The number of nitrogens with zero attached hydrogens (tertiary/aromatic N) is 1. The van der Waals surface area contributed by atoms with E-state index in [9.17, 15) is 13.6 Å². The van der Waals surface area contributed by atoms with Crippen molar-refractivity contribution in [2.24, 2.45) is 10.4 Å². The quantitative estimate of drug-likeness (QED) is 0.175. The van der Waals surface area contributed by atoms with Crippen LogP contribution < -0.4 is 10.1 Å². The molecule has 30 heavy (non-hydrogen) atoms. The Labute approximate surface area is 186 Å². The molecule has 3 rings (SSSR count). The summed E-state index contributed by atoms with van der Waals surface area (Å²) >= 11 is 1.02. The van der Waals surface area contributed by atoms with Crippen LogP contribution in [0.1, 0.15) is 48.5 Å². The molecular weight excluding hydrogens is 511 g/mol. The van der Waals surface area contributed by atoms with Gasteiger partial charge in [-0.3, -0.25) is 10.2 Å². The van der Waals surface area contributed by atoms with Gasteiger partial charge in [-0.15, -0.1) is 0 Å². The molecule has 1 heterocycles. The van der Waals surface area contributed by atoms with Crippen LogP contribution >= 0.6 is 22.6 Å². The molecule has 10 heteroatoms. The Morgan fingerprint density at radius 2 is 2.17 bits per heavy atom. The van der Waals surface area contributed by atoms with Crippen molar-refractivity contribution in [3.8, 4) is 5.75 Å². The molecule has 1 aromatic rings. The molecule has 1 aliphatic carbocycles. The molecule has 0 bridgehead atoms. The number of hydrogen-bond acceptors (Lipinski definition) is 4. The number of halogens is 3. The van der Waals surface area contributed by atoms with Crippen molar-refractivity contribution >= 4 is 40.2 Å². The van der Waals surface area contributed by atoms with E-state index in [0.29, 0.717) is 13.2 Å². The third kappa shape index (κ3) is 5.65. The van der Waals surface area contributed by atoms with Crippen molar-refractivity contribution in [2.75, 3.05) is 19.8 Å². The average Bonchev–Trinajstić information content (AvgIpc) is 3.46. The van der Waals surface area contributed by atoms with Crippen LogP contribution in [0.25, 0.3) is 0 Å². The summed E-state index contributed by atoms with van der Waals surface area (Å²) < 4.78 is 34.2. The highest BCUT2D eigenvalue weighted by molar-refractivity contribution is 14.1. The van der Waals surface area contributed by atoms with E-state index in [0.717, 1.165) is 41.0 Å². The van der Waals surface area contributed by atoms with Crippen molar-refractivity contribution in [3.05, 3.63) is 29.3 Å². The highest BCUT2D eigenvalue weighted by Gasteiger charge is 2.45. The second-order valence-corrected chi connectivity index (χ2v) is 9.64. The van der Waals surface area contributed by atoms with Crippen LogP contribution in [0, 0.1) is 10.8 Å². The largest absolute Gasteiger partial charge is 0.582 e. The molecule has 2 fully saturated rings. The van der Waals surface area contributed by atoms with Gasteiger partial charge in [0.1, 0.15) is 5.75 Å². The third-order valence-corrected chi connectivity index (χ3v) is 5.39. The average molecular weight is 536 g/mol. The Hall–Kier alpha value is -1.82. The zero-order valence-electron chi connectivity index (χ0n) is 16.7. The van der Waals surface area contributed by atoms with Crippen LogP contribution in [0.5, 0.6) is 5.75 Å². The maximum atomic E-state index is 13.3. The van der Waals surface area contributed by atoms with Gasteiger partial charge in [-0.05, 0) is 36.5 Å².